The van der Waals surface area contributed by atoms with Gasteiger partial charge in [-0.05, 0) is 31.2 Å². The topological polar surface area (TPSA) is 12.0 Å². The minimum Gasteiger partial charge on any atom is -0.316 e. The lowest BCUT2D eigenvalue weighted by Gasteiger charge is -1.99. The molecular weight excluding hydrogens is 249 g/mol. The van der Waals surface area contributed by atoms with E-state index in [0.717, 1.165) is 5.92 Å². The molecule has 2 rings (SSSR count). The average Bonchev–Trinajstić information content (AvgIpc) is 2.83. The lowest BCUT2D eigenvalue weighted by Crippen LogP contribution is -2.10. The maximum Gasteiger partial charge on any atom is 0.0178 e. The first kappa shape index (κ1) is 11.0. The molecule has 1 fully saturated rings. The molecule has 0 heterocycles. The summed E-state index contributed by atoms with van der Waals surface area (Å²) in [6.45, 7) is 0. The van der Waals surface area contributed by atoms with Gasteiger partial charge in [0.2, 0.25) is 0 Å². The third-order valence-electron chi connectivity index (χ3n) is 2.44. The predicted octanol–water partition coefficient (Wildman–Crippen LogP) is 2.95. The van der Waals surface area contributed by atoms with Gasteiger partial charge < -0.3 is 5.32 Å². The fourth-order valence-electron chi connectivity index (χ4n) is 1.62. The van der Waals surface area contributed by atoms with Crippen LogP contribution in [0.2, 0.25) is 0 Å². The SMILES string of the molecule is CNC1CC1c1cccc(Br)c1.Cl. The number of likely N-dealkylation sites (N-methyl/N-ethyl adjacent to an activating group) is 1. The van der Waals surface area contributed by atoms with Gasteiger partial charge in [0, 0.05) is 16.4 Å². The van der Waals surface area contributed by atoms with Crippen LogP contribution in [0.15, 0.2) is 28.7 Å². The molecule has 0 aliphatic heterocycles. The highest BCUT2D eigenvalue weighted by Gasteiger charge is 2.36. The van der Waals surface area contributed by atoms with Gasteiger partial charge in [-0.3, -0.25) is 0 Å². The second-order valence-electron chi connectivity index (χ2n) is 3.29. The second-order valence-corrected chi connectivity index (χ2v) is 4.21. The molecule has 0 spiro atoms. The second kappa shape index (κ2) is 4.45. The molecular formula is C10H13BrClN. The third kappa shape index (κ3) is 2.46. The summed E-state index contributed by atoms with van der Waals surface area (Å²) in [6, 6.07) is 9.29. The van der Waals surface area contributed by atoms with Crippen LogP contribution in [-0.2, 0) is 0 Å². The van der Waals surface area contributed by atoms with Crippen LogP contribution in [0.3, 0.4) is 0 Å². The number of nitrogens with one attached hydrogen (secondary N) is 1. The summed E-state index contributed by atoms with van der Waals surface area (Å²) in [5.41, 5.74) is 1.45. The van der Waals surface area contributed by atoms with Gasteiger partial charge in [-0.15, -0.1) is 12.4 Å². The first-order chi connectivity index (χ1) is 5.81. The molecule has 2 atom stereocenters. The number of rotatable bonds is 2. The van der Waals surface area contributed by atoms with Crippen LogP contribution >= 0.6 is 28.3 Å². The molecule has 0 amide bonds. The van der Waals surface area contributed by atoms with Crippen molar-refractivity contribution in [3.8, 4) is 0 Å². The molecule has 2 unspecified atom stereocenters. The van der Waals surface area contributed by atoms with E-state index in [1.807, 2.05) is 7.05 Å². The summed E-state index contributed by atoms with van der Waals surface area (Å²) in [6.07, 6.45) is 1.28. The van der Waals surface area contributed by atoms with E-state index >= 15 is 0 Å². The van der Waals surface area contributed by atoms with Crippen molar-refractivity contribution in [3.05, 3.63) is 34.3 Å². The lowest BCUT2D eigenvalue weighted by atomic mass is 10.1. The van der Waals surface area contributed by atoms with Gasteiger partial charge in [-0.1, -0.05) is 28.1 Å². The van der Waals surface area contributed by atoms with Gasteiger partial charge >= 0.3 is 0 Å². The Bertz CT molecular complexity index is 290. The molecule has 0 radical (unpaired) electrons. The fraction of sp³-hybridized carbons (Fsp3) is 0.400. The molecule has 72 valence electrons. The summed E-state index contributed by atoms with van der Waals surface area (Å²) in [4.78, 5) is 0. The van der Waals surface area contributed by atoms with Crippen molar-refractivity contribution in [2.45, 2.75) is 18.4 Å². The normalized spacial score (nSPS) is 25.1. The predicted molar refractivity (Wildman–Crippen MR) is 61.6 cm³/mol. The Balaban J connectivity index is 0.000000845. The van der Waals surface area contributed by atoms with Gasteiger partial charge in [0.15, 0.2) is 0 Å². The van der Waals surface area contributed by atoms with Crippen LogP contribution in [-0.4, -0.2) is 13.1 Å². The molecule has 13 heavy (non-hydrogen) atoms. The fourth-order valence-corrected chi connectivity index (χ4v) is 2.04. The monoisotopic (exact) mass is 261 g/mol. The zero-order valence-corrected chi connectivity index (χ0v) is 9.86. The van der Waals surface area contributed by atoms with Crippen molar-refractivity contribution in [2.75, 3.05) is 7.05 Å². The Morgan fingerprint density at radius 3 is 2.77 bits per heavy atom. The van der Waals surface area contributed by atoms with E-state index in [4.69, 9.17) is 0 Å². The maximum atomic E-state index is 3.48. The van der Waals surface area contributed by atoms with Gasteiger partial charge in [0.1, 0.15) is 0 Å². The third-order valence-corrected chi connectivity index (χ3v) is 2.93. The van der Waals surface area contributed by atoms with Crippen LogP contribution in [0.4, 0.5) is 0 Å². The van der Waals surface area contributed by atoms with E-state index in [1.165, 1.54) is 16.5 Å². The molecule has 0 aromatic heterocycles. The molecule has 0 saturated heterocycles. The van der Waals surface area contributed by atoms with Crippen LogP contribution in [0, 0.1) is 0 Å². The highest BCUT2D eigenvalue weighted by molar-refractivity contribution is 9.10. The van der Waals surface area contributed by atoms with Crippen molar-refractivity contribution >= 4 is 28.3 Å². The van der Waals surface area contributed by atoms with Crippen LogP contribution in [0.5, 0.6) is 0 Å². The molecule has 3 heteroatoms. The Kier molecular flexibility index (Phi) is 3.77. The van der Waals surface area contributed by atoms with Crippen molar-refractivity contribution in [3.63, 3.8) is 0 Å². The Morgan fingerprint density at radius 1 is 1.46 bits per heavy atom. The summed E-state index contributed by atoms with van der Waals surface area (Å²) < 4.78 is 1.18. The maximum absolute atomic E-state index is 3.48. The quantitative estimate of drug-likeness (QED) is 0.864. The molecule has 1 saturated carbocycles. The number of hydrogen-bond acceptors (Lipinski definition) is 1. The van der Waals surface area contributed by atoms with Crippen molar-refractivity contribution < 1.29 is 0 Å². The van der Waals surface area contributed by atoms with Crippen LogP contribution in [0.25, 0.3) is 0 Å². The van der Waals surface area contributed by atoms with Gasteiger partial charge in [-0.25, -0.2) is 0 Å². The smallest absolute Gasteiger partial charge is 0.0178 e. The molecule has 1 nitrogen and oxygen atoms in total. The van der Waals surface area contributed by atoms with Crippen molar-refractivity contribution in [1.29, 1.82) is 0 Å². The minimum absolute atomic E-state index is 0. The molecule has 1 aliphatic carbocycles. The van der Waals surface area contributed by atoms with E-state index in [1.54, 1.807) is 0 Å². The zero-order valence-electron chi connectivity index (χ0n) is 7.46. The Morgan fingerprint density at radius 2 is 2.23 bits per heavy atom. The van der Waals surface area contributed by atoms with Gasteiger partial charge in [0.25, 0.3) is 0 Å². The van der Waals surface area contributed by atoms with E-state index in [2.05, 4.69) is 45.5 Å². The zero-order chi connectivity index (χ0) is 8.55. The summed E-state index contributed by atoms with van der Waals surface area (Å²) in [5.74, 6) is 0.743. The first-order valence-electron chi connectivity index (χ1n) is 4.24. The van der Waals surface area contributed by atoms with Gasteiger partial charge in [0.05, 0.1) is 0 Å². The Labute approximate surface area is 93.5 Å². The van der Waals surface area contributed by atoms with Crippen LogP contribution < -0.4 is 5.32 Å². The molecule has 1 N–H and O–H groups in total. The number of halogens is 2. The van der Waals surface area contributed by atoms with E-state index in [0.29, 0.717) is 6.04 Å². The average molecular weight is 263 g/mol. The number of benzene rings is 1. The number of hydrogen-bond donors (Lipinski definition) is 1. The van der Waals surface area contributed by atoms with Crippen molar-refractivity contribution in [2.24, 2.45) is 0 Å². The van der Waals surface area contributed by atoms with Crippen molar-refractivity contribution in [1.82, 2.24) is 5.32 Å². The molecule has 1 aromatic rings. The highest BCUT2D eigenvalue weighted by Crippen LogP contribution is 2.40. The van der Waals surface area contributed by atoms with Gasteiger partial charge in [-0.2, -0.15) is 0 Å². The standard InChI is InChI=1S/C10H12BrN.ClH/c1-12-10-6-9(10)7-3-2-4-8(11)5-7;/h2-5,9-10,12H,6H2,1H3;1H. The highest BCUT2D eigenvalue weighted by atomic mass is 79.9. The molecule has 1 aliphatic rings. The van der Waals surface area contributed by atoms with Crippen LogP contribution in [0.1, 0.15) is 17.9 Å². The molecule has 0 bridgehead atoms. The summed E-state index contributed by atoms with van der Waals surface area (Å²) >= 11 is 3.48. The van der Waals surface area contributed by atoms with E-state index in [9.17, 15) is 0 Å². The van der Waals surface area contributed by atoms with E-state index < -0.39 is 0 Å². The first-order valence-corrected chi connectivity index (χ1v) is 5.03. The minimum atomic E-state index is 0. The largest absolute Gasteiger partial charge is 0.316 e. The summed E-state index contributed by atoms with van der Waals surface area (Å²) in [7, 11) is 2.03. The summed E-state index contributed by atoms with van der Waals surface area (Å²) in [5, 5.41) is 3.29. The Hall–Kier alpha value is -0.0500. The van der Waals surface area contributed by atoms with E-state index in [-0.39, 0.29) is 12.4 Å². The lowest BCUT2D eigenvalue weighted by molar-refractivity contribution is 0.783. The molecule has 1 aromatic carbocycles.